The van der Waals surface area contributed by atoms with Crippen LogP contribution in [0.4, 0.5) is 0 Å². The average Bonchev–Trinajstić information content (AvgIpc) is 3.10. The van der Waals surface area contributed by atoms with E-state index in [1.165, 1.54) is 22.2 Å². The number of fused-ring (bicyclic) bond motifs is 1. The van der Waals surface area contributed by atoms with Crippen LogP contribution in [0.5, 0.6) is 0 Å². The van der Waals surface area contributed by atoms with Gasteiger partial charge in [-0.1, -0.05) is 0 Å². The van der Waals surface area contributed by atoms with Crippen molar-refractivity contribution in [3.63, 3.8) is 0 Å². The molecule has 0 spiro atoms. The van der Waals surface area contributed by atoms with Crippen LogP contribution in [0.1, 0.15) is 19.3 Å². The zero-order chi connectivity index (χ0) is 17.1. The van der Waals surface area contributed by atoms with Gasteiger partial charge in [0.15, 0.2) is 0 Å². The van der Waals surface area contributed by atoms with Crippen molar-refractivity contribution in [2.24, 2.45) is 5.92 Å². The van der Waals surface area contributed by atoms with Crippen molar-refractivity contribution in [1.29, 1.82) is 0 Å². The van der Waals surface area contributed by atoms with E-state index >= 15 is 0 Å². The van der Waals surface area contributed by atoms with E-state index in [2.05, 4.69) is 10.3 Å². The quantitative estimate of drug-likeness (QED) is 0.887. The highest BCUT2D eigenvalue weighted by atomic mass is 32.1. The Bertz CT molecular complexity index is 805. The molecule has 0 aliphatic carbocycles. The Morgan fingerprint density at radius 1 is 1.38 bits per heavy atom. The van der Waals surface area contributed by atoms with Crippen LogP contribution in [-0.4, -0.2) is 46.4 Å². The molecular weight excluding hydrogens is 328 g/mol. The number of hydrogen-bond acceptors (Lipinski definition) is 5. The number of hydrogen-bond donors (Lipinski definition) is 1. The van der Waals surface area contributed by atoms with E-state index in [1.54, 1.807) is 18.0 Å². The number of piperidine rings is 1. The van der Waals surface area contributed by atoms with Crippen LogP contribution in [0.25, 0.3) is 10.2 Å². The van der Waals surface area contributed by atoms with Crippen LogP contribution < -0.4 is 10.9 Å². The Labute approximate surface area is 143 Å². The van der Waals surface area contributed by atoms with Gasteiger partial charge >= 0.3 is 0 Å². The van der Waals surface area contributed by atoms with Gasteiger partial charge in [0, 0.05) is 39.0 Å². The maximum absolute atomic E-state index is 12.3. The lowest BCUT2D eigenvalue weighted by molar-refractivity contribution is -0.135. The van der Waals surface area contributed by atoms with E-state index in [4.69, 9.17) is 0 Å². The SMILES string of the molecule is CNC(=O)C1CCN(C(=O)CCn2cnc3sccc3c2=O)CC1. The van der Waals surface area contributed by atoms with Gasteiger partial charge in [-0.3, -0.25) is 19.0 Å². The number of amides is 2. The number of aromatic nitrogens is 2. The first kappa shape index (κ1) is 16.6. The molecule has 128 valence electrons. The Morgan fingerprint density at radius 3 is 2.83 bits per heavy atom. The number of nitrogens with zero attached hydrogens (tertiary/aromatic N) is 3. The van der Waals surface area contributed by atoms with Crippen LogP contribution in [0.15, 0.2) is 22.6 Å². The number of nitrogens with one attached hydrogen (secondary N) is 1. The molecule has 3 heterocycles. The van der Waals surface area contributed by atoms with E-state index < -0.39 is 0 Å². The van der Waals surface area contributed by atoms with Crippen LogP contribution >= 0.6 is 11.3 Å². The van der Waals surface area contributed by atoms with Gasteiger partial charge in [0.05, 0.1) is 11.7 Å². The molecule has 0 saturated carbocycles. The molecule has 1 fully saturated rings. The van der Waals surface area contributed by atoms with Gasteiger partial charge in [0.25, 0.3) is 5.56 Å². The third kappa shape index (κ3) is 3.33. The molecule has 0 radical (unpaired) electrons. The van der Waals surface area contributed by atoms with E-state index in [9.17, 15) is 14.4 Å². The van der Waals surface area contributed by atoms with E-state index in [0.717, 1.165) is 4.83 Å². The van der Waals surface area contributed by atoms with Crippen molar-refractivity contribution in [2.75, 3.05) is 20.1 Å². The molecule has 8 heteroatoms. The van der Waals surface area contributed by atoms with Crippen LogP contribution in [0, 0.1) is 5.92 Å². The largest absolute Gasteiger partial charge is 0.359 e. The second kappa shape index (κ2) is 7.12. The van der Waals surface area contributed by atoms with Crippen molar-refractivity contribution in [3.8, 4) is 0 Å². The highest BCUT2D eigenvalue weighted by Gasteiger charge is 2.26. The number of aryl methyl sites for hydroxylation is 1. The fourth-order valence-electron chi connectivity index (χ4n) is 3.02. The monoisotopic (exact) mass is 348 g/mol. The van der Waals surface area contributed by atoms with Crippen LogP contribution in [0.2, 0.25) is 0 Å². The predicted octanol–water partition coefficient (Wildman–Crippen LogP) is 0.833. The number of thiophene rings is 1. The molecule has 1 aliphatic rings. The second-order valence-electron chi connectivity index (χ2n) is 5.90. The van der Waals surface area contributed by atoms with Crippen molar-refractivity contribution in [2.45, 2.75) is 25.8 Å². The Morgan fingerprint density at radius 2 is 2.12 bits per heavy atom. The minimum Gasteiger partial charge on any atom is -0.359 e. The third-order valence-electron chi connectivity index (χ3n) is 4.48. The molecular formula is C16H20N4O3S. The minimum atomic E-state index is -0.104. The normalized spacial score (nSPS) is 15.6. The molecule has 1 aliphatic heterocycles. The van der Waals surface area contributed by atoms with Crippen molar-refractivity contribution in [1.82, 2.24) is 19.8 Å². The maximum atomic E-state index is 12.3. The standard InChI is InChI=1S/C16H20N4O3S/c1-17-14(22)11-2-6-19(7-3-11)13(21)4-8-20-10-18-15-12(16(20)23)5-9-24-15/h5,9-11H,2-4,6-8H2,1H3,(H,17,22). The van der Waals surface area contributed by atoms with E-state index in [-0.39, 0.29) is 29.7 Å². The fraction of sp³-hybridized carbons (Fsp3) is 0.500. The lowest BCUT2D eigenvalue weighted by Gasteiger charge is -2.31. The minimum absolute atomic E-state index is 0.00753. The molecule has 1 N–H and O–H groups in total. The molecule has 24 heavy (non-hydrogen) atoms. The van der Waals surface area contributed by atoms with Crippen molar-refractivity contribution in [3.05, 3.63) is 28.1 Å². The fourth-order valence-corrected chi connectivity index (χ4v) is 3.75. The van der Waals surface area contributed by atoms with E-state index in [0.29, 0.717) is 37.9 Å². The Kier molecular flexibility index (Phi) is 4.94. The second-order valence-corrected chi connectivity index (χ2v) is 6.80. The van der Waals surface area contributed by atoms with Crippen LogP contribution in [-0.2, 0) is 16.1 Å². The van der Waals surface area contributed by atoms with Gasteiger partial charge in [-0.2, -0.15) is 0 Å². The summed E-state index contributed by atoms with van der Waals surface area (Å²) >= 11 is 1.43. The summed E-state index contributed by atoms with van der Waals surface area (Å²) in [4.78, 5) is 43.0. The summed E-state index contributed by atoms with van der Waals surface area (Å²) in [5, 5.41) is 5.09. The van der Waals surface area contributed by atoms with Gasteiger partial charge in [-0.25, -0.2) is 4.98 Å². The summed E-state index contributed by atoms with van der Waals surface area (Å²) in [7, 11) is 1.63. The molecule has 1 saturated heterocycles. The molecule has 7 nitrogen and oxygen atoms in total. The molecule has 3 rings (SSSR count). The summed E-state index contributed by atoms with van der Waals surface area (Å²) in [6, 6.07) is 1.76. The van der Waals surface area contributed by atoms with Gasteiger partial charge in [-0.05, 0) is 24.3 Å². The highest BCUT2D eigenvalue weighted by molar-refractivity contribution is 7.16. The molecule has 0 unspecified atom stereocenters. The molecule has 2 aromatic rings. The zero-order valence-corrected chi connectivity index (χ0v) is 14.3. The number of carbonyl (C=O) groups excluding carboxylic acids is 2. The lowest BCUT2D eigenvalue weighted by Crippen LogP contribution is -2.42. The third-order valence-corrected chi connectivity index (χ3v) is 5.30. The summed E-state index contributed by atoms with van der Waals surface area (Å²) in [6.45, 7) is 1.51. The van der Waals surface area contributed by atoms with Crippen molar-refractivity contribution < 1.29 is 9.59 Å². The topological polar surface area (TPSA) is 84.3 Å². The summed E-state index contributed by atoms with van der Waals surface area (Å²) in [6.07, 6.45) is 3.15. The summed E-state index contributed by atoms with van der Waals surface area (Å²) in [5.41, 5.74) is -0.104. The van der Waals surface area contributed by atoms with E-state index in [1.807, 2.05) is 5.38 Å². The van der Waals surface area contributed by atoms with Crippen LogP contribution in [0.3, 0.4) is 0 Å². The number of rotatable bonds is 4. The zero-order valence-electron chi connectivity index (χ0n) is 13.5. The molecule has 0 aromatic carbocycles. The summed E-state index contributed by atoms with van der Waals surface area (Å²) < 4.78 is 1.49. The lowest BCUT2D eigenvalue weighted by atomic mass is 9.96. The Hall–Kier alpha value is -2.22. The van der Waals surface area contributed by atoms with Crippen molar-refractivity contribution >= 4 is 33.4 Å². The molecule has 2 amide bonds. The maximum Gasteiger partial charge on any atom is 0.262 e. The predicted molar refractivity (Wildman–Crippen MR) is 91.9 cm³/mol. The number of likely N-dealkylation sites (tertiary alicyclic amines) is 1. The molecule has 2 aromatic heterocycles. The average molecular weight is 348 g/mol. The Balaban J connectivity index is 1.57. The first-order chi connectivity index (χ1) is 11.6. The first-order valence-corrected chi connectivity index (χ1v) is 8.90. The number of carbonyl (C=O) groups is 2. The highest BCUT2D eigenvalue weighted by Crippen LogP contribution is 2.18. The van der Waals surface area contributed by atoms with Gasteiger partial charge < -0.3 is 10.2 Å². The molecule has 0 bridgehead atoms. The summed E-state index contributed by atoms with van der Waals surface area (Å²) in [5.74, 6) is 0.0540. The van der Waals surface area contributed by atoms with Gasteiger partial charge in [0.2, 0.25) is 11.8 Å². The molecule has 0 atom stereocenters. The smallest absolute Gasteiger partial charge is 0.262 e. The van der Waals surface area contributed by atoms with Gasteiger partial charge in [-0.15, -0.1) is 11.3 Å². The van der Waals surface area contributed by atoms with Gasteiger partial charge in [0.1, 0.15) is 4.83 Å². The first-order valence-electron chi connectivity index (χ1n) is 8.02.